The number of nitrogens with one attached hydrogen (secondary N) is 1. The number of rotatable bonds is 7. The van der Waals surface area contributed by atoms with Gasteiger partial charge in [0.25, 0.3) is 0 Å². The maximum absolute atomic E-state index is 14.3. The molecule has 0 aromatic heterocycles. The first-order valence-corrected chi connectivity index (χ1v) is 8.13. The average Bonchev–Trinajstić information content (AvgIpc) is 2.43. The summed E-state index contributed by atoms with van der Waals surface area (Å²) in [6.45, 7) is 4.17. The molecule has 108 valence electrons. The van der Waals surface area contributed by atoms with Gasteiger partial charge in [-0.2, -0.15) is 11.8 Å². The standard InChI is InChI=1S/C15H25FN2S/c1-6-13(10-19-5)18(4)15-8-7-12(9-14(15)16)11(2)17-3/h7-9,11,13,17H,6,10H2,1-5H3. The third-order valence-corrected chi connectivity index (χ3v) is 4.38. The number of hydrogen-bond acceptors (Lipinski definition) is 3. The molecule has 0 aliphatic heterocycles. The third-order valence-electron chi connectivity index (χ3n) is 3.66. The van der Waals surface area contributed by atoms with Crippen LogP contribution >= 0.6 is 11.8 Å². The summed E-state index contributed by atoms with van der Waals surface area (Å²) in [5.74, 6) is 0.878. The molecule has 0 saturated heterocycles. The van der Waals surface area contributed by atoms with E-state index in [1.807, 2.05) is 33.2 Å². The van der Waals surface area contributed by atoms with E-state index in [-0.39, 0.29) is 11.9 Å². The van der Waals surface area contributed by atoms with Crippen molar-refractivity contribution in [2.24, 2.45) is 0 Å². The summed E-state index contributed by atoms with van der Waals surface area (Å²) in [5, 5.41) is 3.13. The van der Waals surface area contributed by atoms with Crippen LogP contribution in [-0.2, 0) is 0 Å². The number of nitrogens with zero attached hydrogens (tertiary/aromatic N) is 1. The van der Waals surface area contributed by atoms with E-state index in [1.165, 1.54) is 0 Å². The smallest absolute Gasteiger partial charge is 0.146 e. The summed E-state index contributed by atoms with van der Waals surface area (Å²) in [7, 11) is 3.86. The van der Waals surface area contributed by atoms with Gasteiger partial charge in [-0.3, -0.25) is 0 Å². The molecule has 1 aromatic carbocycles. The van der Waals surface area contributed by atoms with Crippen molar-refractivity contribution in [3.63, 3.8) is 0 Å². The molecule has 0 radical (unpaired) electrons. The van der Waals surface area contributed by atoms with Gasteiger partial charge >= 0.3 is 0 Å². The van der Waals surface area contributed by atoms with Crippen molar-refractivity contribution in [1.29, 1.82) is 0 Å². The fourth-order valence-corrected chi connectivity index (χ4v) is 2.98. The van der Waals surface area contributed by atoms with Crippen molar-refractivity contribution in [2.75, 3.05) is 31.0 Å². The van der Waals surface area contributed by atoms with Crippen molar-refractivity contribution >= 4 is 17.4 Å². The maximum Gasteiger partial charge on any atom is 0.146 e. The summed E-state index contributed by atoms with van der Waals surface area (Å²) in [5.41, 5.74) is 1.67. The molecule has 2 atom stereocenters. The lowest BCUT2D eigenvalue weighted by Crippen LogP contribution is -2.33. The van der Waals surface area contributed by atoms with Gasteiger partial charge in [0.05, 0.1) is 5.69 Å². The number of thioether (sulfide) groups is 1. The van der Waals surface area contributed by atoms with Crippen LogP contribution in [0.3, 0.4) is 0 Å². The molecule has 2 nitrogen and oxygen atoms in total. The zero-order valence-electron chi connectivity index (χ0n) is 12.5. The molecule has 0 fully saturated rings. The number of halogens is 1. The van der Waals surface area contributed by atoms with Crippen molar-refractivity contribution in [2.45, 2.75) is 32.4 Å². The fraction of sp³-hybridized carbons (Fsp3) is 0.600. The van der Waals surface area contributed by atoms with Crippen molar-refractivity contribution in [3.8, 4) is 0 Å². The third kappa shape index (κ3) is 4.11. The molecule has 0 heterocycles. The van der Waals surface area contributed by atoms with E-state index in [9.17, 15) is 4.39 Å². The Balaban J connectivity index is 2.95. The summed E-state index contributed by atoms with van der Waals surface area (Å²) in [6.07, 6.45) is 3.11. The van der Waals surface area contributed by atoms with Crippen molar-refractivity contribution in [3.05, 3.63) is 29.6 Å². The Bertz CT molecular complexity index is 398. The minimum absolute atomic E-state index is 0.137. The monoisotopic (exact) mass is 284 g/mol. The van der Waals surface area contributed by atoms with E-state index in [2.05, 4.69) is 23.4 Å². The lowest BCUT2D eigenvalue weighted by molar-refractivity contribution is 0.591. The predicted octanol–water partition coefficient (Wildman–Crippen LogP) is 3.68. The molecule has 1 aromatic rings. The van der Waals surface area contributed by atoms with Gasteiger partial charge in [0.1, 0.15) is 5.82 Å². The Morgan fingerprint density at radius 1 is 1.42 bits per heavy atom. The molecule has 0 aliphatic carbocycles. The summed E-state index contributed by atoms with van der Waals surface area (Å²) >= 11 is 1.80. The van der Waals surface area contributed by atoms with E-state index < -0.39 is 0 Å². The minimum Gasteiger partial charge on any atom is -0.368 e. The highest BCUT2D eigenvalue weighted by Gasteiger charge is 2.17. The average molecular weight is 284 g/mol. The van der Waals surface area contributed by atoms with Gasteiger partial charge in [-0.1, -0.05) is 13.0 Å². The Morgan fingerprint density at radius 2 is 2.11 bits per heavy atom. The van der Waals surface area contributed by atoms with Gasteiger partial charge in [-0.05, 0) is 44.3 Å². The Labute approximate surface area is 120 Å². The number of anilines is 1. The lowest BCUT2D eigenvalue weighted by atomic mass is 10.1. The normalized spacial score (nSPS) is 14.2. The molecule has 4 heteroatoms. The van der Waals surface area contributed by atoms with Crippen molar-refractivity contribution < 1.29 is 4.39 Å². The molecular formula is C15H25FN2S. The zero-order valence-corrected chi connectivity index (χ0v) is 13.4. The number of hydrogen-bond donors (Lipinski definition) is 1. The van der Waals surface area contributed by atoms with Crippen LogP contribution in [0.25, 0.3) is 0 Å². The molecular weight excluding hydrogens is 259 g/mol. The predicted molar refractivity (Wildman–Crippen MR) is 84.7 cm³/mol. The second kappa shape index (κ2) is 7.75. The molecule has 0 aliphatic rings. The second-order valence-electron chi connectivity index (χ2n) is 4.85. The highest BCUT2D eigenvalue weighted by molar-refractivity contribution is 7.98. The lowest BCUT2D eigenvalue weighted by Gasteiger charge is -2.29. The second-order valence-corrected chi connectivity index (χ2v) is 5.76. The van der Waals surface area contributed by atoms with Gasteiger partial charge in [-0.15, -0.1) is 0 Å². The van der Waals surface area contributed by atoms with Gasteiger partial charge < -0.3 is 10.2 Å². The molecule has 19 heavy (non-hydrogen) atoms. The van der Waals surface area contributed by atoms with E-state index >= 15 is 0 Å². The highest BCUT2D eigenvalue weighted by Crippen LogP contribution is 2.25. The molecule has 2 unspecified atom stereocenters. The van der Waals surface area contributed by atoms with Crippen LogP contribution in [-0.4, -0.2) is 32.1 Å². The van der Waals surface area contributed by atoms with Crippen LogP contribution in [0.1, 0.15) is 31.9 Å². The number of benzene rings is 1. The topological polar surface area (TPSA) is 15.3 Å². The largest absolute Gasteiger partial charge is 0.368 e. The van der Waals surface area contributed by atoms with Crippen LogP contribution in [0.4, 0.5) is 10.1 Å². The zero-order chi connectivity index (χ0) is 14.4. The van der Waals surface area contributed by atoms with Gasteiger partial charge in [0.15, 0.2) is 0 Å². The Morgan fingerprint density at radius 3 is 2.58 bits per heavy atom. The van der Waals surface area contributed by atoms with E-state index in [0.29, 0.717) is 11.7 Å². The first-order chi connectivity index (χ1) is 9.04. The van der Waals surface area contributed by atoms with Gasteiger partial charge in [0.2, 0.25) is 0 Å². The molecule has 0 saturated carbocycles. The van der Waals surface area contributed by atoms with E-state index in [0.717, 1.165) is 17.7 Å². The van der Waals surface area contributed by atoms with Gasteiger partial charge in [0, 0.05) is 24.9 Å². The molecule has 1 rings (SSSR count). The maximum atomic E-state index is 14.3. The first kappa shape index (κ1) is 16.3. The van der Waals surface area contributed by atoms with E-state index in [1.54, 1.807) is 17.8 Å². The van der Waals surface area contributed by atoms with Crippen LogP contribution < -0.4 is 10.2 Å². The Hall–Kier alpha value is -0.740. The molecule has 0 spiro atoms. The Kier molecular flexibility index (Phi) is 6.66. The molecule has 0 amide bonds. The molecule has 1 N–H and O–H groups in total. The molecule has 0 bridgehead atoms. The van der Waals surface area contributed by atoms with Gasteiger partial charge in [-0.25, -0.2) is 4.39 Å². The quantitative estimate of drug-likeness (QED) is 0.822. The summed E-state index contributed by atoms with van der Waals surface area (Å²) in [4.78, 5) is 2.06. The van der Waals surface area contributed by atoms with Crippen LogP contribution in [0.2, 0.25) is 0 Å². The SMILES string of the molecule is CCC(CSC)N(C)c1ccc(C(C)NC)cc1F. The van der Waals surface area contributed by atoms with Crippen molar-refractivity contribution in [1.82, 2.24) is 5.32 Å². The van der Waals surface area contributed by atoms with Crippen LogP contribution in [0.5, 0.6) is 0 Å². The minimum atomic E-state index is -0.137. The summed E-state index contributed by atoms with van der Waals surface area (Å²) in [6, 6.07) is 6.07. The van der Waals surface area contributed by atoms with Crippen LogP contribution in [0.15, 0.2) is 18.2 Å². The van der Waals surface area contributed by atoms with Crippen LogP contribution in [0, 0.1) is 5.82 Å². The first-order valence-electron chi connectivity index (χ1n) is 6.73. The highest BCUT2D eigenvalue weighted by atomic mass is 32.2. The summed E-state index contributed by atoms with van der Waals surface area (Å²) < 4.78 is 14.3. The fourth-order valence-electron chi connectivity index (χ4n) is 2.14. The van der Waals surface area contributed by atoms with E-state index in [4.69, 9.17) is 0 Å².